The molecule has 18 heavy (non-hydrogen) atoms. The lowest BCUT2D eigenvalue weighted by atomic mass is 9.83. The van der Waals surface area contributed by atoms with E-state index in [1.165, 1.54) is 25.7 Å². The molecule has 3 heteroatoms. The zero-order chi connectivity index (χ0) is 13.0. The molecule has 1 aromatic carbocycles. The Morgan fingerprint density at radius 1 is 1.28 bits per heavy atom. The number of anilines is 1. The number of hydrogen-bond acceptors (Lipinski definition) is 1. The SMILES string of the molecule is CCCC1CCC(Nc2cccc(Cl)c2F)CC1. The molecule has 1 aliphatic carbocycles. The van der Waals surface area contributed by atoms with Crippen molar-refractivity contribution in [2.45, 2.75) is 51.5 Å². The maximum atomic E-state index is 13.8. The second-order valence-electron chi connectivity index (χ2n) is 5.25. The maximum absolute atomic E-state index is 13.8. The highest BCUT2D eigenvalue weighted by Gasteiger charge is 2.21. The number of nitrogens with one attached hydrogen (secondary N) is 1. The van der Waals surface area contributed by atoms with Gasteiger partial charge in [-0.25, -0.2) is 4.39 Å². The standard InChI is InChI=1S/C15H21ClFN/c1-2-4-11-7-9-12(10-8-11)18-14-6-3-5-13(16)15(14)17/h3,5-6,11-12,18H,2,4,7-10H2,1H3. The number of halogens is 2. The molecule has 2 rings (SSSR count). The van der Waals surface area contributed by atoms with E-state index in [-0.39, 0.29) is 10.8 Å². The first-order chi connectivity index (χ1) is 8.70. The van der Waals surface area contributed by atoms with Crippen molar-refractivity contribution in [1.29, 1.82) is 0 Å². The van der Waals surface area contributed by atoms with Crippen LogP contribution < -0.4 is 5.32 Å². The molecule has 1 aromatic rings. The Balaban J connectivity index is 1.90. The van der Waals surface area contributed by atoms with Crippen LogP contribution in [0.25, 0.3) is 0 Å². The van der Waals surface area contributed by atoms with Crippen LogP contribution in [0.1, 0.15) is 45.4 Å². The van der Waals surface area contributed by atoms with Crippen molar-refractivity contribution in [3.05, 3.63) is 29.0 Å². The summed E-state index contributed by atoms with van der Waals surface area (Å²) in [7, 11) is 0. The zero-order valence-corrected chi connectivity index (χ0v) is 11.6. The van der Waals surface area contributed by atoms with Crippen LogP contribution in [0.4, 0.5) is 10.1 Å². The minimum absolute atomic E-state index is 0.194. The highest BCUT2D eigenvalue weighted by atomic mass is 35.5. The van der Waals surface area contributed by atoms with Gasteiger partial charge >= 0.3 is 0 Å². The summed E-state index contributed by atoms with van der Waals surface area (Å²) in [6.45, 7) is 2.24. The molecular weight excluding hydrogens is 249 g/mol. The fourth-order valence-electron chi connectivity index (χ4n) is 2.84. The lowest BCUT2D eigenvalue weighted by Crippen LogP contribution is -2.26. The molecule has 1 fully saturated rings. The highest BCUT2D eigenvalue weighted by molar-refractivity contribution is 6.31. The molecule has 0 saturated heterocycles. The molecule has 1 aliphatic rings. The van der Waals surface area contributed by atoms with Crippen LogP contribution >= 0.6 is 11.6 Å². The first-order valence-corrected chi connectivity index (χ1v) is 7.29. The Hall–Kier alpha value is -0.760. The van der Waals surface area contributed by atoms with Gasteiger partial charge in [0.1, 0.15) is 0 Å². The van der Waals surface area contributed by atoms with Crippen molar-refractivity contribution in [3.63, 3.8) is 0 Å². The van der Waals surface area contributed by atoms with Gasteiger partial charge in [-0.3, -0.25) is 0 Å². The second-order valence-corrected chi connectivity index (χ2v) is 5.66. The van der Waals surface area contributed by atoms with E-state index in [1.54, 1.807) is 18.2 Å². The van der Waals surface area contributed by atoms with Gasteiger partial charge in [0.25, 0.3) is 0 Å². The summed E-state index contributed by atoms with van der Waals surface area (Å²) in [5.74, 6) is 0.548. The predicted octanol–water partition coefficient (Wildman–Crippen LogP) is 5.25. The van der Waals surface area contributed by atoms with E-state index in [4.69, 9.17) is 11.6 Å². The average molecular weight is 270 g/mol. The summed E-state index contributed by atoms with van der Waals surface area (Å²) in [6, 6.07) is 5.53. The highest BCUT2D eigenvalue weighted by Crippen LogP contribution is 2.31. The summed E-state index contributed by atoms with van der Waals surface area (Å²) < 4.78 is 13.8. The van der Waals surface area contributed by atoms with Gasteiger partial charge in [-0.1, -0.05) is 37.4 Å². The number of rotatable bonds is 4. The number of hydrogen-bond donors (Lipinski definition) is 1. The van der Waals surface area contributed by atoms with Crippen molar-refractivity contribution in [3.8, 4) is 0 Å². The Bertz CT molecular complexity index is 386. The van der Waals surface area contributed by atoms with Crippen molar-refractivity contribution < 1.29 is 4.39 Å². The molecule has 0 amide bonds. The van der Waals surface area contributed by atoms with Crippen LogP contribution in [0, 0.1) is 11.7 Å². The summed E-state index contributed by atoms with van der Waals surface area (Å²) in [6.07, 6.45) is 7.39. The van der Waals surface area contributed by atoms with Crippen LogP contribution in [0.5, 0.6) is 0 Å². The normalized spacial score (nSPS) is 23.9. The van der Waals surface area contributed by atoms with Gasteiger partial charge in [0.15, 0.2) is 5.82 Å². The van der Waals surface area contributed by atoms with Crippen LogP contribution in [-0.4, -0.2) is 6.04 Å². The molecule has 0 unspecified atom stereocenters. The van der Waals surface area contributed by atoms with Crippen molar-refractivity contribution in [2.24, 2.45) is 5.92 Å². The third-order valence-electron chi connectivity index (χ3n) is 3.85. The fraction of sp³-hybridized carbons (Fsp3) is 0.600. The topological polar surface area (TPSA) is 12.0 Å². The van der Waals surface area contributed by atoms with Gasteiger partial charge in [0.2, 0.25) is 0 Å². The van der Waals surface area contributed by atoms with Crippen LogP contribution in [0.3, 0.4) is 0 Å². The molecule has 0 aliphatic heterocycles. The van der Waals surface area contributed by atoms with Gasteiger partial charge in [-0.15, -0.1) is 0 Å². The van der Waals surface area contributed by atoms with E-state index >= 15 is 0 Å². The summed E-state index contributed by atoms with van der Waals surface area (Å²) >= 11 is 5.78. The van der Waals surface area contributed by atoms with Crippen molar-refractivity contribution >= 4 is 17.3 Å². The molecule has 0 spiro atoms. The molecule has 0 atom stereocenters. The van der Waals surface area contributed by atoms with Crippen LogP contribution in [0.2, 0.25) is 5.02 Å². The summed E-state index contributed by atoms with van der Waals surface area (Å²) in [4.78, 5) is 0. The molecule has 0 bridgehead atoms. The van der Waals surface area contributed by atoms with Crippen LogP contribution in [0.15, 0.2) is 18.2 Å². The molecule has 1 nitrogen and oxygen atoms in total. The Labute approximate surface area is 114 Å². The lowest BCUT2D eigenvalue weighted by Gasteiger charge is -2.29. The van der Waals surface area contributed by atoms with E-state index in [0.717, 1.165) is 18.8 Å². The molecule has 0 aromatic heterocycles. The van der Waals surface area contributed by atoms with E-state index in [2.05, 4.69) is 12.2 Å². The van der Waals surface area contributed by atoms with Gasteiger partial charge in [0.05, 0.1) is 10.7 Å². The molecule has 1 saturated carbocycles. The van der Waals surface area contributed by atoms with Crippen molar-refractivity contribution in [2.75, 3.05) is 5.32 Å². The predicted molar refractivity (Wildman–Crippen MR) is 75.7 cm³/mol. The minimum atomic E-state index is -0.324. The quantitative estimate of drug-likeness (QED) is 0.787. The maximum Gasteiger partial charge on any atom is 0.164 e. The molecular formula is C15H21ClFN. The molecule has 0 radical (unpaired) electrons. The monoisotopic (exact) mass is 269 g/mol. The van der Waals surface area contributed by atoms with Gasteiger partial charge < -0.3 is 5.32 Å². The summed E-state index contributed by atoms with van der Waals surface area (Å²) in [5.41, 5.74) is 0.543. The molecule has 1 N–H and O–H groups in total. The largest absolute Gasteiger partial charge is 0.380 e. The Kier molecular flexibility index (Phi) is 4.87. The van der Waals surface area contributed by atoms with E-state index in [0.29, 0.717) is 11.7 Å². The fourth-order valence-corrected chi connectivity index (χ4v) is 3.01. The van der Waals surface area contributed by atoms with E-state index < -0.39 is 0 Å². The van der Waals surface area contributed by atoms with Crippen molar-refractivity contribution in [1.82, 2.24) is 0 Å². The average Bonchev–Trinajstić information content (AvgIpc) is 2.38. The Morgan fingerprint density at radius 3 is 2.67 bits per heavy atom. The third-order valence-corrected chi connectivity index (χ3v) is 4.15. The number of benzene rings is 1. The van der Waals surface area contributed by atoms with Gasteiger partial charge in [0, 0.05) is 6.04 Å². The molecule has 100 valence electrons. The lowest BCUT2D eigenvalue weighted by molar-refractivity contribution is 0.318. The van der Waals surface area contributed by atoms with Gasteiger partial charge in [-0.05, 0) is 43.7 Å². The van der Waals surface area contributed by atoms with Gasteiger partial charge in [-0.2, -0.15) is 0 Å². The molecule has 0 heterocycles. The first kappa shape index (κ1) is 13.7. The minimum Gasteiger partial charge on any atom is -0.380 e. The second kappa shape index (κ2) is 6.42. The van der Waals surface area contributed by atoms with E-state index in [9.17, 15) is 4.39 Å². The Morgan fingerprint density at radius 2 is 2.00 bits per heavy atom. The van der Waals surface area contributed by atoms with Crippen LogP contribution in [-0.2, 0) is 0 Å². The summed E-state index contributed by atoms with van der Waals surface area (Å²) in [5, 5.41) is 3.49. The first-order valence-electron chi connectivity index (χ1n) is 6.91. The third kappa shape index (κ3) is 3.38. The zero-order valence-electron chi connectivity index (χ0n) is 10.9. The smallest absolute Gasteiger partial charge is 0.164 e. The van der Waals surface area contributed by atoms with E-state index in [1.807, 2.05) is 0 Å².